The molecule has 2 amide bonds. The van der Waals surface area contributed by atoms with Crippen LogP contribution in [0.4, 0.5) is 10.7 Å². The molecule has 8 nitrogen and oxygen atoms in total. The fourth-order valence-corrected chi connectivity index (χ4v) is 3.52. The average Bonchev–Trinajstić information content (AvgIpc) is 2.67. The van der Waals surface area contributed by atoms with Gasteiger partial charge in [-0.2, -0.15) is 0 Å². The van der Waals surface area contributed by atoms with Gasteiger partial charge in [-0.3, -0.25) is 9.69 Å². The Hall–Kier alpha value is -2.38. The summed E-state index contributed by atoms with van der Waals surface area (Å²) < 4.78 is 5.51. The Morgan fingerprint density at radius 3 is 2.33 bits per heavy atom. The molecule has 1 aromatic rings. The van der Waals surface area contributed by atoms with E-state index in [-0.39, 0.29) is 5.91 Å². The molecule has 0 radical (unpaired) electrons. The second kappa shape index (κ2) is 8.10. The van der Waals surface area contributed by atoms with Crippen LogP contribution in [-0.2, 0) is 9.53 Å². The molecule has 2 aliphatic heterocycles. The van der Waals surface area contributed by atoms with Crippen molar-refractivity contribution in [3.8, 4) is 0 Å². The highest BCUT2D eigenvalue weighted by Gasteiger charge is 2.37. The van der Waals surface area contributed by atoms with Crippen LogP contribution in [0.5, 0.6) is 0 Å². The van der Waals surface area contributed by atoms with Crippen LogP contribution in [0.3, 0.4) is 0 Å². The summed E-state index contributed by atoms with van der Waals surface area (Å²) in [7, 11) is 0. The zero-order valence-corrected chi connectivity index (χ0v) is 16.4. The number of rotatable bonds is 2. The van der Waals surface area contributed by atoms with Crippen molar-refractivity contribution < 1.29 is 14.3 Å². The molecular formula is C19H29N5O3. The number of hydrogen-bond donors (Lipinski definition) is 0. The van der Waals surface area contributed by atoms with E-state index in [1.807, 2.05) is 25.7 Å². The maximum atomic E-state index is 13.1. The Kier molecular flexibility index (Phi) is 5.82. The summed E-state index contributed by atoms with van der Waals surface area (Å²) in [6, 6.07) is 1.37. The van der Waals surface area contributed by atoms with Gasteiger partial charge in [-0.05, 0) is 46.1 Å². The molecule has 1 atom stereocenters. The van der Waals surface area contributed by atoms with Crippen LogP contribution in [-0.4, -0.2) is 76.1 Å². The molecule has 8 heteroatoms. The Balaban J connectivity index is 1.61. The third kappa shape index (κ3) is 4.87. The summed E-state index contributed by atoms with van der Waals surface area (Å²) in [6.45, 7) is 8.70. The molecule has 148 valence electrons. The van der Waals surface area contributed by atoms with Crippen molar-refractivity contribution in [1.82, 2.24) is 19.8 Å². The highest BCUT2D eigenvalue weighted by molar-refractivity contribution is 5.86. The van der Waals surface area contributed by atoms with Crippen molar-refractivity contribution in [3.63, 3.8) is 0 Å². The van der Waals surface area contributed by atoms with Gasteiger partial charge in [-0.15, -0.1) is 0 Å². The quantitative estimate of drug-likeness (QED) is 0.786. The van der Waals surface area contributed by atoms with Gasteiger partial charge < -0.3 is 14.5 Å². The molecule has 2 fully saturated rings. The number of carbonyl (C=O) groups is 2. The van der Waals surface area contributed by atoms with Gasteiger partial charge in [0.05, 0.1) is 0 Å². The summed E-state index contributed by atoms with van der Waals surface area (Å²) in [5, 5.41) is 0. The van der Waals surface area contributed by atoms with Gasteiger partial charge in [0.2, 0.25) is 11.9 Å². The highest BCUT2D eigenvalue weighted by atomic mass is 16.6. The molecule has 1 aromatic heterocycles. The average molecular weight is 375 g/mol. The van der Waals surface area contributed by atoms with E-state index in [1.54, 1.807) is 23.4 Å². The topological polar surface area (TPSA) is 78.9 Å². The number of piperidine rings is 1. The van der Waals surface area contributed by atoms with Crippen molar-refractivity contribution in [2.45, 2.75) is 51.7 Å². The van der Waals surface area contributed by atoms with E-state index in [2.05, 4.69) is 14.9 Å². The van der Waals surface area contributed by atoms with E-state index < -0.39 is 17.7 Å². The van der Waals surface area contributed by atoms with Crippen LogP contribution in [0.1, 0.15) is 40.0 Å². The first-order chi connectivity index (χ1) is 12.8. The van der Waals surface area contributed by atoms with Crippen molar-refractivity contribution in [2.75, 3.05) is 37.6 Å². The summed E-state index contributed by atoms with van der Waals surface area (Å²) in [4.78, 5) is 39.8. The molecule has 0 N–H and O–H groups in total. The van der Waals surface area contributed by atoms with E-state index in [1.165, 1.54) is 0 Å². The monoisotopic (exact) mass is 375 g/mol. The predicted octanol–water partition coefficient (Wildman–Crippen LogP) is 1.91. The second-order valence-electron chi connectivity index (χ2n) is 8.05. The molecule has 2 saturated heterocycles. The van der Waals surface area contributed by atoms with E-state index in [4.69, 9.17) is 4.74 Å². The molecular weight excluding hydrogens is 346 g/mol. The number of anilines is 1. The number of nitrogens with zero attached hydrogens (tertiary/aromatic N) is 5. The third-order valence-electron chi connectivity index (χ3n) is 4.84. The number of likely N-dealkylation sites (tertiary alicyclic amines) is 1. The fourth-order valence-electron chi connectivity index (χ4n) is 3.52. The number of carbonyl (C=O) groups excluding carboxylic acids is 2. The van der Waals surface area contributed by atoms with Crippen molar-refractivity contribution in [3.05, 3.63) is 18.5 Å². The highest BCUT2D eigenvalue weighted by Crippen LogP contribution is 2.23. The van der Waals surface area contributed by atoms with Gasteiger partial charge >= 0.3 is 6.09 Å². The minimum absolute atomic E-state index is 0.0224. The smallest absolute Gasteiger partial charge is 0.410 e. The predicted molar refractivity (Wildman–Crippen MR) is 101 cm³/mol. The first kappa shape index (κ1) is 19.4. The molecule has 27 heavy (non-hydrogen) atoms. The van der Waals surface area contributed by atoms with Crippen molar-refractivity contribution in [1.29, 1.82) is 0 Å². The second-order valence-corrected chi connectivity index (χ2v) is 8.05. The van der Waals surface area contributed by atoms with Gasteiger partial charge in [0.1, 0.15) is 11.6 Å². The van der Waals surface area contributed by atoms with Crippen molar-refractivity contribution in [2.24, 2.45) is 0 Å². The normalized spacial score (nSPS) is 21.1. The SMILES string of the molecule is CC(C)(C)OC(=O)N1CCCC[C@H]1C(=O)N1CCN(c2ncccn2)CC1. The van der Waals surface area contributed by atoms with E-state index in [9.17, 15) is 9.59 Å². The molecule has 3 heterocycles. The maximum absolute atomic E-state index is 13.1. The molecule has 0 bridgehead atoms. The first-order valence-electron chi connectivity index (χ1n) is 9.65. The number of aromatic nitrogens is 2. The summed E-state index contributed by atoms with van der Waals surface area (Å²) >= 11 is 0. The van der Waals surface area contributed by atoms with Crippen LogP contribution in [0.25, 0.3) is 0 Å². The molecule has 0 aliphatic carbocycles. The van der Waals surface area contributed by atoms with Gasteiger partial charge in [-0.25, -0.2) is 14.8 Å². The van der Waals surface area contributed by atoms with Gasteiger partial charge in [0.25, 0.3) is 0 Å². The molecule has 0 spiro atoms. The van der Waals surface area contributed by atoms with Crippen LogP contribution in [0.15, 0.2) is 18.5 Å². The van der Waals surface area contributed by atoms with Crippen LogP contribution >= 0.6 is 0 Å². The lowest BCUT2D eigenvalue weighted by Gasteiger charge is -2.41. The minimum atomic E-state index is -0.566. The fraction of sp³-hybridized carbons (Fsp3) is 0.684. The van der Waals surface area contributed by atoms with E-state index in [0.717, 1.165) is 12.8 Å². The summed E-state index contributed by atoms with van der Waals surface area (Å²) in [5.41, 5.74) is -0.566. The Morgan fingerprint density at radius 2 is 1.70 bits per heavy atom. The number of piperazine rings is 1. The van der Waals surface area contributed by atoms with Crippen LogP contribution < -0.4 is 4.90 Å². The lowest BCUT2D eigenvalue weighted by molar-refractivity contribution is -0.138. The summed E-state index contributed by atoms with van der Waals surface area (Å²) in [5.74, 6) is 0.715. The maximum Gasteiger partial charge on any atom is 0.410 e. The Bertz CT molecular complexity index is 653. The minimum Gasteiger partial charge on any atom is -0.444 e. The van der Waals surface area contributed by atoms with Crippen LogP contribution in [0.2, 0.25) is 0 Å². The van der Waals surface area contributed by atoms with Crippen LogP contribution in [0, 0.1) is 0 Å². The van der Waals surface area contributed by atoms with Crippen molar-refractivity contribution >= 4 is 17.9 Å². The zero-order valence-electron chi connectivity index (χ0n) is 16.4. The lowest BCUT2D eigenvalue weighted by Crippen LogP contribution is -2.57. The van der Waals surface area contributed by atoms with Gasteiger partial charge in [0.15, 0.2) is 0 Å². The molecule has 2 aliphatic rings. The Labute approximate surface area is 160 Å². The molecule has 0 aromatic carbocycles. The third-order valence-corrected chi connectivity index (χ3v) is 4.84. The number of hydrogen-bond acceptors (Lipinski definition) is 6. The summed E-state index contributed by atoms with van der Waals surface area (Å²) in [6.07, 6.45) is 5.61. The van der Waals surface area contributed by atoms with Gasteiger partial charge in [0, 0.05) is 45.1 Å². The zero-order chi connectivity index (χ0) is 19.4. The first-order valence-corrected chi connectivity index (χ1v) is 9.65. The molecule has 0 unspecified atom stereocenters. The number of amides is 2. The van der Waals surface area contributed by atoms with Gasteiger partial charge in [-0.1, -0.05) is 0 Å². The standard InChI is InChI=1S/C19H29N5O3/c1-19(2,3)27-18(26)24-10-5-4-7-15(24)16(25)22-11-13-23(14-12-22)17-20-8-6-9-21-17/h6,8-9,15H,4-5,7,10-14H2,1-3H3/t15-/m0/s1. The number of ether oxygens (including phenoxy) is 1. The van der Waals surface area contributed by atoms with E-state index >= 15 is 0 Å². The molecule has 3 rings (SSSR count). The molecule has 0 saturated carbocycles. The largest absolute Gasteiger partial charge is 0.444 e. The lowest BCUT2D eigenvalue weighted by atomic mass is 10.0. The van der Waals surface area contributed by atoms with E-state index in [0.29, 0.717) is 45.1 Å². The Morgan fingerprint density at radius 1 is 1.04 bits per heavy atom.